The molecule has 1 saturated carbocycles. The number of hydrogen-bond donors (Lipinski definition) is 1. The van der Waals surface area contributed by atoms with Crippen LogP contribution < -0.4 is 5.32 Å². The fraction of sp³-hybridized carbons (Fsp3) is 0.312. The average molecular weight is 299 g/mol. The SMILES string of the molecule is C[C@H](OC(=O)c1cnn(-c2ccccc2)c1)C(=O)NC1CC1. The fourth-order valence-corrected chi connectivity index (χ4v) is 1.98. The van der Waals surface area contributed by atoms with E-state index in [0.29, 0.717) is 5.56 Å². The standard InChI is InChI=1S/C16H17N3O3/c1-11(15(20)18-13-7-8-13)22-16(21)12-9-17-19(10-12)14-5-3-2-4-6-14/h2-6,9-11,13H,7-8H2,1H3,(H,18,20)/t11-/m0/s1. The van der Waals surface area contributed by atoms with E-state index in [1.807, 2.05) is 30.3 Å². The third-order valence-electron chi connectivity index (χ3n) is 3.42. The highest BCUT2D eigenvalue weighted by Gasteiger charge is 2.27. The summed E-state index contributed by atoms with van der Waals surface area (Å²) in [5.41, 5.74) is 1.16. The van der Waals surface area contributed by atoms with Gasteiger partial charge in [-0.3, -0.25) is 4.79 Å². The lowest BCUT2D eigenvalue weighted by molar-refractivity contribution is -0.129. The van der Waals surface area contributed by atoms with Crippen molar-refractivity contribution in [2.75, 3.05) is 0 Å². The number of amides is 1. The van der Waals surface area contributed by atoms with E-state index in [2.05, 4.69) is 10.4 Å². The molecule has 0 saturated heterocycles. The van der Waals surface area contributed by atoms with Crippen molar-refractivity contribution in [3.05, 3.63) is 48.3 Å². The van der Waals surface area contributed by atoms with E-state index in [0.717, 1.165) is 18.5 Å². The smallest absolute Gasteiger partial charge is 0.342 e. The zero-order valence-electron chi connectivity index (χ0n) is 12.2. The van der Waals surface area contributed by atoms with Gasteiger partial charge in [-0.2, -0.15) is 5.10 Å². The first-order valence-electron chi connectivity index (χ1n) is 7.25. The maximum atomic E-state index is 12.1. The van der Waals surface area contributed by atoms with Crippen molar-refractivity contribution < 1.29 is 14.3 Å². The molecule has 1 aliphatic carbocycles. The number of carbonyl (C=O) groups is 2. The first-order chi connectivity index (χ1) is 10.6. The summed E-state index contributed by atoms with van der Waals surface area (Å²) in [5, 5.41) is 6.94. The first-order valence-corrected chi connectivity index (χ1v) is 7.25. The van der Waals surface area contributed by atoms with Crippen molar-refractivity contribution in [2.45, 2.75) is 31.9 Å². The summed E-state index contributed by atoms with van der Waals surface area (Å²) in [6, 6.07) is 9.69. The minimum atomic E-state index is -0.812. The molecular weight excluding hydrogens is 282 g/mol. The lowest BCUT2D eigenvalue weighted by Gasteiger charge is -2.12. The topological polar surface area (TPSA) is 73.2 Å². The highest BCUT2D eigenvalue weighted by molar-refractivity contribution is 5.91. The Morgan fingerprint density at radius 3 is 2.73 bits per heavy atom. The quantitative estimate of drug-likeness (QED) is 0.853. The van der Waals surface area contributed by atoms with Crippen LogP contribution in [0.25, 0.3) is 5.69 Å². The van der Waals surface area contributed by atoms with Gasteiger partial charge in [0.25, 0.3) is 5.91 Å². The Kier molecular flexibility index (Phi) is 3.91. The van der Waals surface area contributed by atoms with E-state index in [-0.39, 0.29) is 11.9 Å². The van der Waals surface area contributed by atoms with Crippen molar-refractivity contribution in [1.29, 1.82) is 0 Å². The molecule has 0 unspecified atom stereocenters. The van der Waals surface area contributed by atoms with E-state index in [1.54, 1.807) is 17.8 Å². The normalized spacial score (nSPS) is 15.1. The molecule has 1 aromatic carbocycles. The zero-order valence-corrected chi connectivity index (χ0v) is 12.2. The van der Waals surface area contributed by atoms with Gasteiger partial charge in [-0.25, -0.2) is 9.48 Å². The van der Waals surface area contributed by atoms with Crippen LogP contribution in [0.4, 0.5) is 0 Å². The minimum Gasteiger partial charge on any atom is -0.449 e. The van der Waals surface area contributed by atoms with E-state index >= 15 is 0 Å². The van der Waals surface area contributed by atoms with Crippen LogP contribution in [0, 0.1) is 0 Å². The lowest BCUT2D eigenvalue weighted by Crippen LogP contribution is -2.37. The predicted molar refractivity (Wildman–Crippen MR) is 79.6 cm³/mol. The summed E-state index contributed by atoms with van der Waals surface area (Å²) in [7, 11) is 0. The number of rotatable bonds is 5. The van der Waals surface area contributed by atoms with Gasteiger partial charge in [0.05, 0.1) is 17.4 Å². The van der Waals surface area contributed by atoms with E-state index < -0.39 is 12.1 Å². The van der Waals surface area contributed by atoms with Gasteiger partial charge in [-0.1, -0.05) is 18.2 Å². The van der Waals surface area contributed by atoms with Gasteiger partial charge < -0.3 is 10.1 Å². The second kappa shape index (κ2) is 6.01. The Hall–Kier alpha value is -2.63. The summed E-state index contributed by atoms with van der Waals surface area (Å²) in [6.45, 7) is 1.57. The molecule has 3 rings (SSSR count). The van der Waals surface area contributed by atoms with Gasteiger partial charge in [0.1, 0.15) is 0 Å². The molecule has 22 heavy (non-hydrogen) atoms. The Morgan fingerprint density at radius 2 is 2.05 bits per heavy atom. The van der Waals surface area contributed by atoms with Crippen LogP contribution in [0.1, 0.15) is 30.1 Å². The summed E-state index contributed by atoms with van der Waals surface area (Å²) in [5.74, 6) is -0.813. The maximum Gasteiger partial charge on any atom is 0.342 e. The molecule has 0 spiro atoms. The van der Waals surface area contributed by atoms with Crippen molar-refractivity contribution in [2.24, 2.45) is 0 Å². The predicted octanol–water partition coefficient (Wildman–Crippen LogP) is 1.70. The van der Waals surface area contributed by atoms with Gasteiger partial charge in [-0.15, -0.1) is 0 Å². The molecule has 1 N–H and O–H groups in total. The second-order valence-corrected chi connectivity index (χ2v) is 5.34. The molecule has 0 radical (unpaired) electrons. The van der Waals surface area contributed by atoms with E-state index in [4.69, 9.17) is 4.74 Å². The summed E-state index contributed by atoms with van der Waals surface area (Å²) in [4.78, 5) is 23.8. The Morgan fingerprint density at radius 1 is 1.32 bits per heavy atom. The highest BCUT2D eigenvalue weighted by atomic mass is 16.5. The van der Waals surface area contributed by atoms with Crippen LogP contribution in [0.2, 0.25) is 0 Å². The van der Waals surface area contributed by atoms with Crippen LogP contribution in [0.15, 0.2) is 42.7 Å². The lowest BCUT2D eigenvalue weighted by atomic mass is 10.3. The number of nitrogens with one attached hydrogen (secondary N) is 1. The van der Waals surface area contributed by atoms with Gasteiger partial charge >= 0.3 is 5.97 Å². The molecule has 6 heteroatoms. The third-order valence-corrected chi connectivity index (χ3v) is 3.42. The Labute approximate surface area is 128 Å². The van der Waals surface area contributed by atoms with Crippen molar-refractivity contribution in [1.82, 2.24) is 15.1 Å². The van der Waals surface area contributed by atoms with Crippen molar-refractivity contribution >= 4 is 11.9 Å². The first kappa shape index (κ1) is 14.3. The molecule has 1 aliphatic rings. The van der Waals surface area contributed by atoms with Crippen LogP contribution in [0.3, 0.4) is 0 Å². The fourth-order valence-electron chi connectivity index (χ4n) is 1.98. The molecule has 6 nitrogen and oxygen atoms in total. The molecule has 2 aromatic rings. The van der Waals surface area contributed by atoms with Crippen LogP contribution in [0.5, 0.6) is 0 Å². The molecular formula is C16H17N3O3. The molecule has 0 bridgehead atoms. The van der Waals surface area contributed by atoms with Crippen LogP contribution in [-0.4, -0.2) is 33.8 Å². The molecule has 0 aliphatic heterocycles. The monoisotopic (exact) mass is 299 g/mol. The van der Waals surface area contributed by atoms with Crippen molar-refractivity contribution in [3.8, 4) is 5.69 Å². The number of aromatic nitrogens is 2. The number of esters is 1. The van der Waals surface area contributed by atoms with E-state index in [9.17, 15) is 9.59 Å². The Bertz CT molecular complexity index is 677. The summed E-state index contributed by atoms with van der Waals surface area (Å²) in [6.07, 6.45) is 4.20. The molecule has 1 atom stereocenters. The molecule has 114 valence electrons. The minimum absolute atomic E-state index is 0.245. The Balaban J connectivity index is 1.62. The molecule has 1 amide bonds. The number of nitrogens with zero attached hydrogens (tertiary/aromatic N) is 2. The van der Waals surface area contributed by atoms with E-state index in [1.165, 1.54) is 6.20 Å². The van der Waals surface area contributed by atoms with Gasteiger partial charge in [0.2, 0.25) is 0 Å². The van der Waals surface area contributed by atoms with Crippen LogP contribution >= 0.6 is 0 Å². The average Bonchev–Trinajstić information content (AvgIpc) is 3.19. The van der Waals surface area contributed by atoms with Crippen LogP contribution in [-0.2, 0) is 9.53 Å². The largest absolute Gasteiger partial charge is 0.449 e. The third kappa shape index (κ3) is 3.33. The molecule has 1 fully saturated rings. The zero-order chi connectivity index (χ0) is 15.5. The number of para-hydroxylation sites is 1. The van der Waals surface area contributed by atoms with Gasteiger partial charge in [-0.05, 0) is 31.9 Å². The van der Waals surface area contributed by atoms with Gasteiger partial charge in [0, 0.05) is 12.2 Å². The number of benzene rings is 1. The number of ether oxygens (including phenoxy) is 1. The van der Waals surface area contributed by atoms with Crippen molar-refractivity contribution in [3.63, 3.8) is 0 Å². The molecule has 1 heterocycles. The summed E-state index contributed by atoms with van der Waals surface area (Å²) >= 11 is 0. The molecule has 1 aromatic heterocycles. The maximum absolute atomic E-state index is 12.1. The highest BCUT2D eigenvalue weighted by Crippen LogP contribution is 2.19. The number of hydrogen-bond acceptors (Lipinski definition) is 4. The summed E-state index contributed by atoms with van der Waals surface area (Å²) < 4.78 is 6.76. The van der Waals surface area contributed by atoms with Gasteiger partial charge in [0.15, 0.2) is 6.10 Å². The number of carbonyl (C=O) groups excluding carboxylic acids is 2. The second-order valence-electron chi connectivity index (χ2n) is 5.34.